The molecular weight excluding hydrogens is 350 g/mol. The normalized spacial score (nSPS) is 14.5. The maximum atomic E-state index is 13.1. The number of thioether (sulfide) groups is 1. The van der Waals surface area contributed by atoms with E-state index in [0.29, 0.717) is 23.5 Å². The molecule has 1 atom stereocenters. The number of hydrogen-bond acceptors (Lipinski definition) is 4. The molecular formula is C20H21NO4S. The van der Waals surface area contributed by atoms with Gasteiger partial charge in [0.05, 0.1) is 12.7 Å². The van der Waals surface area contributed by atoms with Crippen LogP contribution in [0.3, 0.4) is 0 Å². The van der Waals surface area contributed by atoms with Crippen LogP contribution < -0.4 is 4.74 Å². The van der Waals surface area contributed by atoms with Crippen LogP contribution in [0, 0.1) is 0 Å². The molecule has 1 unspecified atom stereocenters. The van der Waals surface area contributed by atoms with Crippen LogP contribution in [-0.2, 0) is 17.8 Å². The summed E-state index contributed by atoms with van der Waals surface area (Å²) < 4.78 is 5.42. The van der Waals surface area contributed by atoms with Gasteiger partial charge in [-0.05, 0) is 37.1 Å². The first-order valence-electron chi connectivity index (χ1n) is 8.43. The molecule has 6 heteroatoms. The lowest BCUT2D eigenvalue weighted by Crippen LogP contribution is -2.36. The quantitative estimate of drug-likeness (QED) is 0.816. The number of carbonyl (C=O) groups is 2. The molecule has 1 heterocycles. The highest BCUT2D eigenvalue weighted by atomic mass is 32.2. The molecule has 1 aliphatic heterocycles. The van der Waals surface area contributed by atoms with E-state index in [4.69, 9.17) is 9.84 Å². The largest absolute Gasteiger partial charge is 0.496 e. The minimum Gasteiger partial charge on any atom is -0.496 e. The van der Waals surface area contributed by atoms with E-state index in [1.54, 1.807) is 26.2 Å². The van der Waals surface area contributed by atoms with Crippen molar-refractivity contribution in [2.75, 3.05) is 13.7 Å². The van der Waals surface area contributed by atoms with Crippen molar-refractivity contribution in [3.63, 3.8) is 0 Å². The maximum Gasteiger partial charge on any atom is 0.316 e. The van der Waals surface area contributed by atoms with E-state index in [2.05, 4.69) is 0 Å². The molecule has 0 radical (unpaired) electrons. The number of rotatable bonds is 5. The number of nitrogens with zero attached hydrogens (tertiary/aromatic N) is 1. The summed E-state index contributed by atoms with van der Waals surface area (Å²) in [4.78, 5) is 26.7. The van der Waals surface area contributed by atoms with E-state index in [1.807, 2.05) is 35.2 Å². The molecule has 0 spiro atoms. The van der Waals surface area contributed by atoms with E-state index < -0.39 is 11.2 Å². The summed E-state index contributed by atoms with van der Waals surface area (Å²) in [5, 5.41) is 8.54. The molecule has 1 aliphatic rings. The Morgan fingerprint density at radius 3 is 2.69 bits per heavy atom. The van der Waals surface area contributed by atoms with Crippen molar-refractivity contribution in [3.05, 3.63) is 59.2 Å². The maximum absolute atomic E-state index is 13.1. The summed E-state index contributed by atoms with van der Waals surface area (Å²) in [5.74, 6) is -0.101. The lowest BCUT2D eigenvalue weighted by Gasteiger charge is -2.30. The Labute approximate surface area is 157 Å². The van der Waals surface area contributed by atoms with Crippen LogP contribution in [0.15, 0.2) is 47.4 Å². The van der Waals surface area contributed by atoms with Crippen molar-refractivity contribution in [2.24, 2.45) is 0 Å². The molecule has 0 bridgehead atoms. The molecule has 2 aromatic carbocycles. The van der Waals surface area contributed by atoms with Crippen LogP contribution in [0.4, 0.5) is 0 Å². The number of ether oxygens (including phenoxy) is 1. The monoisotopic (exact) mass is 371 g/mol. The third kappa shape index (κ3) is 3.70. The number of benzene rings is 2. The molecule has 0 fully saturated rings. The molecule has 3 rings (SSSR count). The fourth-order valence-electron chi connectivity index (χ4n) is 3.10. The van der Waals surface area contributed by atoms with Crippen LogP contribution in [0.5, 0.6) is 5.75 Å². The molecule has 5 nitrogen and oxygen atoms in total. The number of fused-ring (bicyclic) bond motifs is 1. The first-order chi connectivity index (χ1) is 12.5. The number of carboxylic acid groups (broad SMARTS) is 1. The van der Waals surface area contributed by atoms with Gasteiger partial charge in [-0.25, -0.2) is 0 Å². The summed E-state index contributed by atoms with van der Waals surface area (Å²) in [5.41, 5.74) is 2.80. The van der Waals surface area contributed by atoms with Gasteiger partial charge in [-0.15, -0.1) is 11.8 Å². The van der Waals surface area contributed by atoms with Gasteiger partial charge in [-0.2, -0.15) is 0 Å². The zero-order chi connectivity index (χ0) is 18.7. The molecule has 1 amide bonds. The SMILES string of the molecule is COc1cccc2c1CCN(C(=O)c1ccccc1SC(C)C(=O)O)C2. The van der Waals surface area contributed by atoms with Crippen molar-refractivity contribution < 1.29 is 19.4 Å². The fourth-order valence-corrected chi connectivity index (χ4v) is 4.02. The van der Waals surface area contributed by atoms with Gasteiger partial charge in [0.1, 0.15) is 11.0 Å². The second-order valence-electron chi connectivity index (χ2n) is 6.17. The van der Waals surface area contributed by atoms with Crippen molar-refractivity contribution >= 4 is 23.6 Å². The summed E-state index contributed by atoms with van der Waals surface area (Å²) in [6.07, 6.45) is 0.742. The number of methoxy groups -OCH3 is 1. The molecule has 0 aliphatic carbocycles. The van der Waals surface area contributed by atoms with Crippen LogP contribution >= 0.6 is 11.8 Å². The first-order valence-corrected chi connectivity index (χ1v) is 9.31. The van der Waals surface area contributed by atoms with Crippen molar-refractivity contribution in [2.45, 2.75) is 30.0 Å². The number of amides is 1. The van der Waals surface area contributed by atoms with E-state index in [1.165, 1.54) is 11.8 Å². The lowest BCUT2D eigenvalue weighted by atomic mass is 9.98. The van der Waals surface area contributed by atoms with Gasteiger partial charge in [0.2, 0.25) is 0 Å². The molecule has 26 heavy (non-hydrogen) atoms. The molecule has 0 saturated carbocycles. The highest BCUT2D eigenvalue weighted by Gasteiger charge is 2.26. The summed E-state index contributed by atoms with van der Waals surface area (Å²) in [7, 11) is 1.66. The van der Waals surface area contributed by atoms with Gasteiger partial charge in [-0.1, -0.05) is 24.3 Å². The Balaban J connectivity index is 1.83. The molecule has 2 aromatic rings. The minimum atomic E-state index is -0.892. The number of carbonyl (C=O) groups excluding carboxylic acids is 1. The number of hydrogen-bond donors (Lipinski definition) is 1. The lowest BCUT2D eigenvalue weighted by molar-refractivity contribution is -0.136. The highest BCUT2D eigenvalue weighted by Crippen LogP contribution is 2.31. The van der Waals surface area contributed by atoms with Crippen molar-refractivity contribution in [1.29, 1.82) is 0 Å². The van der Waals surface area contributed by atoms with Crippen LogP contribution in [-0.4, -0.2) is 40.8 Å². The smallest absolute Gasteiger partial charge is 0.316 e. The minimum absolute atomic E-state index is 0.0702. The average Bonchev–Trinajstić information content (AvgIpc) is 2.66. The predicted octanol–water partition coefficient (Wildman–Crippen LogP) is 3.46. The molecule has 0 saturated heterocycles. The topological polar surface area (TPSA) is 66.8 Å². The predicted molar refractivity (Wildman–Crippen MR) is 101 cm³/mol. The van der Waals surface area contributed by atoms with Gasteiger partial charge in [0, 0.05) is 23.5 Å². The number of carboxylic acids is 1. The van der Waals surface area contributed by atoms with E-state index in [0.717, 1.165) is 23.3 Å². The van der Waals surface area contributed by atoms with Crippen LogP contribution in [0.25, 0.3) is 0 Å². The Bertz CT molecular complexity index is 836. The first kappa shape index (κ1) is 18.3. The van der Waals surface area contributed by atoms with Crippen LogP contribution in [0.1, 0.15) is 28.4 Å². The van der Waals surface area contributed by atoms with Gasteiger partial charge in [-0.3, -0.25) is 9.59 Å². The van der Waals surface area contributed by atoms with Crippen LogP contribution in [0.2, 0.25) is 0 Å². The second-order valence-corrected chi connectivity index (χ2v) is 7.55. The van der Waals surface area contributed by atoms with E-state index in [-0.39, 0.29) is 5.91 Å². The third-order valence-corrected chi connectivity index (χ3v) is 5.66. The van der Waals surface area contributed by atoms with E-state index in [9.17, 15) is 9.59 Å². The van der Waals surface area contributed by atoms with Gasteiger partial charge >= 0.3 is 5.97 Å². The molecule has 136 valence electrons. The zero-order valence-electron chi connectivity index (χ0n) is 14.8. The van der Waals surface area contributed by atoms with E-state index >= 15 is 0 Å². The zero-order valence-corrected chi connectivity index (χ0v) is 15.6. The molecule has 1 N–H and O–H groups in total. The van der Waals surface area contributed by atoms with Gasteiger partial charge < -0.3 is 14.7 Å². The standard InChI is InChI=1S/C20H21NO4S/c1-13(20(23)24)26-18-9-4-3-7-16(18)19(22)21-11-10-15-14(12-21)6-5-8-17(15)25-2/h3-9,13H,10-12H2,1-2H3,(H,23,24). The Morgan fingerprint density at radius 2 is 1.96 bits per heavy atom. The van der Waals surface area contributed by atoms with Crippen molar-refractivity contribution in [3.8, 4) is 5.75 Å². The number of aliphatic carboxylic acids is 1. The molecule has 0 aromatic heterocycles. The Kier molecular flexibility index (Phi) is 5.52. The summed E-state index contributed by atoms with van der Waals surface area (Å²) in [6.45, 7) is 2.76. The summed E-state index contributed by atoms with van der Waals surface area (Å²) >= 11 is 1.20. The summed E-state index contributed by atoms with van der Waals surface area (Å²) in [6, 6.07) is 13.1. The Morgan fingerprint density at radius 1 is 1.19 bits per heavy atom. The average molecular weight is 371 g/mol. The van der Waals surface area contributed by atoms with Crippen molar-refractivity contribution in [1.82, 2.24) is 4.90 Å². The second kappa shape index (κ2) is 7.83. The Hall–Kier alpha value is -2.47. The fraction of sp³-hybridized carbons (Fsp3) is 0.300. The third-order valence-electron chi connectivity index (χ3n) is 4.50. The highest BCUT2D eigenvalue weighted by molar-refractivity contribution is 8.00. The van der Waals surface area contributed by atoms with Gasteiger partial charge in [0.25, 0.3) is 5.91 Å². The van der Waals surface area contributed by atoms with Gasteiger partial charge in [0.15, 0.2) is 0 Å².